The van der Waals surface area contributed by atoms with Crippen molar-refractivity contribution < 1.29 is 14.3 Å². The van der Waals surface area contributed by atoms with Crippen molar-refractivity contribution in [2.75, 3.05) is 12.4 Å². The van der Waals surface area contributed by atoms with Crippen molar-refractivity contribution in [2.24, 2.45) is 0 Å². The molecule has 0 fully saturated rings. The highest BCUT2D eigenvalue weighted by molar-refractivity contribution is 7.98. The Morgan fingerprint density at radius 1 is 1.12 bits per heavy atom. The lowest BCUT2D eigenvalue weighted by Crippen LogP contribution is -2.31. The summed E-state index contributed by atoms with van der Waals surface area (Å²) in [5.41, 5.74) is 3.32. The van der Waals surface area contributed by atoms with E-state index in [1.54, 1.807) is 7.11 Å². The van der Waals surface area contributed by atoms with E-state index in [0.717, 1.165) is 11.1 Å². The molecule has 7 nitrogen and oxygen atoms in total. The van der Waals surface area contributed by atoms with E-state index in [9.17, 15) is 9.59 Å². The third-order valence-corrected chi connectivity index (χ3v) is 6.32. The van der Waals surface area contributed by atoms with E-state index in [4.69, 9.17) is 9.47 Å². The van der Waals surface area contributed by atoms with E-state index in [1.807, 2.05) is 39.0 Å². The minimum absolute atomic E-state index is 0.00573. The molecule has 1 atom stereocenters. The second-order valence-corrected chi connectivity index (χ2v) is 9.25. The number of carbonyl (C=O) groups is 1. The maximum absolute atomic E-state index is 13.1. The molecule has 33 heavy (non-hydrogen) atoms. The van der Waals surface area contributed by atoms with Crippen LogP contribution < -0.4 is 20.3 Å². The number of thioether (sulfide) groups is 1. The van der Waals surface area contributed by atoms with Gasteiger partial charge in [0, 0.05) is 18.1 Å². The van der Waals surface area contributed by atoms with Crippen LogP contribution in [0.4, 0.5) is 5.82 Å². The first-order chi connectivity index (χ1) is 15.8. The Hall–Kier alpha value is -3.26. The molecule has 2 aromatic carbocycles. The highest BCUT2D eigenvalue weighted by atomic mass is 32.2. The van der Waals surface area contributed by atoms with E-state index in [0.29, 0.717) is 33.8 Å². The molecule has 1 amide bonds. The van der Waals surface area contributed by atoms with Gasteiger partial charge in [-0.3, -0.25) is 9.59 Å². The lowest BCUT2D eigenvalue weighted by Gasteiger charge is -2.25. The minimum atomic E-state index is -0.428. The number of aryl methyl sites for hydroxylation is 1. The zero-order valence-corrected chi connectivity index (χ0v) is 19.9. The van der Waals surface area contributed by atoms with E-state index >= 15 is 0 Å². The van der Waals surface area contributed by atoms with Gasteiger partial charge in [0.25, 0.3) is 5.56 Å². The molecular weight excluding hydrogens is 438 g/mol. The first kappa shape index (κ1) is 22.9. The molecule has 1 unspecified atom stereocenters. The predicted molar refractivity (Wildman–Crippen MR) is 129 cm³/mol. The summed E-state index contributed by atoms with van der Waals surface area (Å²) >= 11 is 1.42. The number of benzene rings is 2. The van der Waals surface area contributed by atoms with Crippen molar-refractivity contribution >= 4 is 23.5 Å². The first-order valence-electron chi connectivity index (χ1n) is 10.8. The Bertz CT molecular complexity index is 1220. The Balaban J connectivity index is 1.64. The fraction of sp³-hybridized carbons (Fsp3) is 0.320. The Morgan fingerprint density at radius 2 is 1.88 bits per heavy atom. The van der Waals surface area contributed by atoms with Crippen molar-refractivity contribution in [3.8, 4) is 11.5 Å². The van der Waals surface area contributed by atoms with Gasteiger partial charge in [-0.1, -0.05) is 47.7 Å². The lowest BCUT2D eigenvalue weighted by atomic mass is 9.86. The van der Waals surface area contributed by atoms with Crippen LogP contribution in [0.25, 0.3) is 0 Å². The van der Waals surface area contributed by atoms with Crippen molar-refractivity contribution in [1.82, 2.24) is 9.97 Å². The van der Waals surface area contributed by atoms with Crippen LogP contribution in [0.2, 0.25) is 0 Å². The van der Waals surface area contributed by atoms with Crippen LogP contribution in [-0.4, -0.2) is 29.1 Å². The van der Waals surface area contributed by atoms with Gasteiger partial charge in [-0.05, 0) is 44.0 Å². The fourth-order valence-electron chi connectivity index (χ4n) is 3.79. The van der Waals surface area contributed by atoms with Gasteiger partial charge in [-0.2, -0.15) is 0 Å². The summed E-state index contributed by atoms with van der Waals surface area (Å²) in [7, 11) is 1.57. The smallest absolute Gasteiger partial charge is 0.257 e. The number of aromatic amines is 1. The highest BCUT2D eigenvalue weighted by Crippen LogP contribution is 2.38. The molecule has 0 radical (unpaired) electrons. The number of fused-ring (bicyclic) bond motifs is 1. The third-order valence-electron chi connectivity index (χ3n) is 5.38. The molecule has 3 aromatic rings. The molecule has 0 spiro atoms. The number of H-pyrrole nitrogens is 1. The number of aromatic nitrogens is 2. The maximum Gasteiger partial charge on any atom is 0.257 e. The summed E-state index contributed by atoms with van der Waals surface area (Å²) in [4.78, 5) is 33.0. The lowest BCUT2D eigenvalue weighted by molar-refractivity contribution is -0.116. The monoisotopic (exact) mass is 465 g/mol. The van der Waals surface area contributed by atoms with Crippen LogP contribution in [0.5, 0.6) is 11.5 Å². The van der Waals surface area contributed by atoms with E-state index in [1.165, 1.54) is 17.3 Å². The second kappa shape index (κ2) is 9.70. The molecule has 2 heterocycles. The number of nitrogens with one attached hydrogen (secondary N) is 2. The molecule has 8 heteroatoms. The quantitative estimate of drug-likeness (QED) is 0.390. The predicted octanol–water partition coefficient (Wildman–Crippen LogP) is 4.64. The number of rotatable bonds is 7. The molecule has 1 aliphatic rings. The number of carbonyl (C=O) groups excluding carboxylic acids is 1. The highest BCUT2D eigenvalue weighted by Gasteiger charge is 2.31. The maximum atomic E-state index is 13.1. The average molecular weight is 466 g/mol. The Morgan fingerprint density at radius 3 is 2.58 bits per heavy atom. The fourth-order valence-corrected chi connectivity index (χ4v) is 4.61. The standard InChI is InChI=1S/C25H27N3O4S/c1-14(2)32-19-10-9-17(11-20(19)31-4)18-12-21(29)26-23-22(18)24(30)28-25(27-23)33-13-16-7-5-15(3)6-8-16/h5-11,14,18H,12-13H2,1-4H3,(H2,26,27,28,29,30). The first-order valence-corrected chi connectivity index (χ1v) is 11.8. The molecule has 0 aliphatic carbocycles. The largest absolute Gasteiger partial charge is 0.493 e. The molecule has 1 aromatic heterocycles. The summed E-state index contributed by atoms with van der Waals surface area (Å²) in [6.45, 7) is 5.92. The third kappa shape index (κ3) is 5.22. The SMILES string of the molecule is COc1cc(C2CC(=O)Nc3nc(SCc4ccc(C)cc4)[nH]c(=O)c32)ccc1OC(C)C. The summed E-state index contributed by atoms with van der Waals surface area (Å²) in [6.07, 6.45) is 0.148. The van der Waals surface area contributed by atoms with Gasteiger partial charge in [0.2, 0.25) is 5.91 Å². The van der Waals surface area contributed by atoms with Crippen molar-refractivity contribution in [3.63, 3.8) is 0 Å². The van der Waals surface area contributed by atoms with Gasteiger partial charge in [0.1, 0.15) is 5.82 Å². The van der Waals surface area contributed by atoms with Gasteiger partial charge in [-0.15, -0.1) is 0 Å². The summed E-state index contributed by atoms with van der Waals surface area (Å²) in [5.74, 6) is 1.54. The summed E-state index contributed by atoms with van der Waals surface area (Å²) in [5, 5.41) is 3.24. The normalized spacial score (nSPS) is 15.2. The topological polar surface area (TPSA) is 93.3 Å². The number of hydrogen-bond donors (Lipinski definition) is 2. The number of amides is 1. The number of nitrogens with zero attached hydrogens (tertiary/aromatic N) is 1. The summed E-state index contributed by atoms with van der Waals surface area (Å²) in [6, 6.07) is 13.7. The molecule has 0 saturated carbocycles. The van der Waals surface area contributed by atoms with Crippen molar-refractivity contribution in [3.05, 3.63) is 75.1 Å². The van der Waals surface area contributed by atoms with E-state index in [2.05, 4.69) is 39.6 Å². The number of hydrogen-bond acceptors (Lipinski definition) is 6. The molecule has 4 rings (SSSR count). The number of ether oxygens (including phenoxy) is 2. The molecule has 0 saturated heterocycles. The Labute approximate surface area is 196 Å². The van der Waals surface area contributed by atoms with Crippen molar-refractivity contribution in [2.45, 2.75) is 50.1 Å². The molecule has 0 bridgehead atoms. The molecule has 172 valence electrons. The van der Waals surface area contributed by atoms with Crippen LogP contribution in [-0.2, 0) is 10.5 Å². The van der Waals surface area contributed by atoms with Gasteiger partial charge >= 0.3 is 0 Å². The molecule has 2 N–H and O–H groups in total. The second-order valence-electron chi connectivity index (χ2n) is 8.29. The van der Waals surface area contributed by atoms with Crippen LogP contribution in [0.3, 0.4) is 0 Å². The summed E-state index contributed by atoms with van der Waals surface area (Å²) < 4.78 is 11.3. The van der Waals surface area contributed by atoms with Crippen LogP contribution in [0, 0.1) is 6.92 Å². The zero-order chi connectivity index (χ0) is 23.5. The van der Waals surface area contributed by atoms with Gasteiger partial charge in [-0.25, -0.2) is 4.98 Å². The van der Waals surface area contributed by atoms with Crippen LogP contribution >= 0.6 is 11.8 Å². The molecule has 1 aliphatic heterocycles. The Kier molecular flexibility index (Phi) is 6.74. The van der Waals surface area contributed by atoms with Crippen LogP contribution in [0.15, 0.2) is 52.4 Å². The van der Waals surface area contributed by atoms with E-state index in [-0.39, 0.29) is 24.0 Å². The molecular formula is C25H27N3O4S. The average Bonchev–Trinajstić information content (AvgIpc) is 2.77. The zero-order valence-electron chi connectivity index (χ0n) is 19.1. The van der Waals surface area contributed by atoms with Gasteiger partial charge in [0.05, 0.1) is 18.8 Å². The van der Waals surface area contributed by atoms with Gasteiger partial charge < -0.3 is 19.8 Å². The van der Waals surface area contributed by atoms with Crippen molar-refractivity contribution in [1.29, 1.82) is 0 Å². The van der Waals surface area contributed by atoms with Crippen LogP contribution in [0.1, 0.15) is 48.4 Å². The number of anilines is 1. The number of methoxy groups -OCH3 is 1. The minimum Gasteiger partial charge on any atom is -0.493 e. The van der Waals surface area contributed by atoms with E-state index < -0.39 is 5.92 Å². The van der Waals surface area contributed by atoms with Gasteiger partial charge in [0.15, 0.2) is 16.7 Å².